The number of rotatable bonds is 5. The number of hydrogen-bond acceptors (Lipinski definition) is 1. The Hall–Kier alpha value is -5.66. The lowest BCUT2D eigenvalue weighted by atomic mass is 9.94. The third-order valence-corrected chi connectivity index (χ3v) is 8.43. The first-order valence-corrected chi connectivity index (χ1v) is 14.8. The second-order valence-electron chi connectivity index (χ2n) is 11.0. The number of hydrogen-bond donors (Lipinski definition) is 0. The largest absolute Gasteiger partial charge is 0.310 e. The van der Waals surface area contributed by atoms with Crippen molar-refractivity contribution in [1.82, 2.24) is 0 Å². The third-order valence-electron chi connectivity index (χ3n) is 8.43. The minimum Gasteiger partial charge on any atom is -0.310 e. The summed E-state index contributed by atoms with van der Waals surface area (Å²) in [7, 11) is 0. The van der Waals surface area contributed by atoms with Gasteiger partial charge in [-0.3, -0.25) is 0 Å². The Kier molecular flexibility index (Phi) is 6.20. The summed E-state index contributed by atoms with van der Waals surface area (Å²) < 4.78 is 0. The minimum atomic E-state index is 1.12. The average molecular weight is 548 g/mol. The Balaban J connectivity index is 1.32. The maximum absolute atomic E-state index is 2.39. The molecule has 202 valence electrons. The van der Waals surface area contributed by atoms with Gasteiger partial charge in [0.1, 0.15) is 0 Å². The topological polar surface area (TPSA) is 3.24 Å². The van der Waals surface area contributed by atoms with Crippen LogP contribution in [0.3, 0.4) is 0 Å². The van der Waals surface area contributed by atoms with E-state index in [2.05, 4.69) is 181 Å². The van der Waals surface area contributed by atoms with Crippen molar-refractivity contribution in [2.75, 3.05) is 4.90 Å². The zero-order chi connectivity index (χ0) is 28.6. The van der Waals surface area contributed by atoms with E-state index in [1.54, 1.807) is 0 Å². The molecule has 0 aliphatic rings. The first-order valence-electron chi connectivity index (χ1n) is 14.8. The first-order chi connectivity index (χ1) is 21.3. The van der Waals surface area contributed by atoms with Gasteiger partial charge in [0, 0.05) is 16.8 Å². The van der Waals surface area contributed by atoms with Crippen LogP contribution < -0.4 is 4.90 Å². The van der Waals surface area contributed by atoms with E-state index in [-0.39, 0.29) is 0 Å². The van der Waals surface area contributed by atoms with Crippen LogP contribution >= 0.6 is 0 Å². The molecule has 0 radical (unpaired) electrons. The maximum atomic E-state index is 2.39. The van der Waals surface area contributed by atoms with Gasteiger partial charge >= 0.3 is 0 Å². The van der Waals surface area contributed by atoms with Gasteiger partial charge in [-0.25, -0.2) is 0 Å². The molecule has 0 atom stereocenters. The average Bonchev–Trinajstić information content (AvgIpc) is 3.09. The minimum absolute atomic E-state index is 1.12. The predicted molar refractivity (Wildman–Crippen MR) is 185 cm³/mol. The van der Waals surface area contributed by atoms with Gasteiger partial charge in [0.2, 0.25) is 0 Å². The monoisotopic (exact) mass is 547 g/mol. The summed E-state index contributed by atoms with van der Waals surface area (Å²) in [6.45, 7) is 0. The lowest BCUT2D eigenvalue weighted by molar-refractivity contribution is 1.30. The van der Waals surface area contributed by atoms with Gasteiger partial charge in [-0.15, -0.1) is 0 Å². The Morgan fingerprint density at radius 3 is 1.56 bits per heavy atom. The molecule has 0 heterocycles. The maximum Gasteiger partial charge on any atom is 0.0546 e. The van der Waals surface area contributed by atoms with E-state index in [4.69, 9.17) is 0 Å². The van der Waals surface area contributed by atoms with Crippen LogP contribution in [-0.4, -0.2) is 0 Å². The van der Waals surface area contributed by atoms with Gasteiger partial charge < -0.3 is 4.90 Å². The van der Waals surface area contributed by atoms with Gasteiger partial charge in [0.15, 0.2) is 0 Å². The first kappa shape index (κ1) is 25.1. The lowest BCUT2D eigenvalue weighted by Crippen LogP contribution is -2.10. The molecule has 0 aromatic heterocycles. The summed E-state index contributed by atoms with van der Waals surface area (Å²) in [6, 6.07) is 63.4. The van der Waals surface area contributed by atoms with E-state index in [0.29, 0.717) is 0 Å². The normalized spacial score (nSPS) is 11.3. The molecule has 0 spiro atoms. The van der Waals surface area contributed by atoms with Crippen molar-refractivity contribution in [2.45, 2.75) is 0 Å². The van der Waals surface area contributed by atoms with Crippen LogP contribution in [0.1, 0.15) is 0 Å². The van der Waals surface area contributed by atoms with Crippen molar-refractivity contribution in [3.63, 3.8) is 0 Å². The summed E-state index contributed by atoms with van der Waals surface area (Å²) in [6.07, 6.45) is 0. The van der Waals surface area contributed by atoms with Gasteiger partial charge in [-0.1, -0.05) is 146 Å². The van der Waals surface area contributed by atoms with Crippen molar-refractivity contribution in [1.29, 1.82) is 0 Å². The van der Waals surface area contributed by atoms with E-state index in [1.807, 2.05) is 0 Å². The summed E-state index contributed by atoms with van der Waals surface area (Å²) in [5.41, 5.74) is 8.32. The zero-order valence-corrected chi connectivity index (χ0v) is 23.7. The zero-order valence-electron chi connectivity index (χ0n) is 23.7. The summed E-state index contributed by atoms with van der Waals surface area (Å²) in [5, 5.41) is 7.59. The van der Waals surface area contributed by atoms with Crippen LogP contribution in [0, 0.1) is 0 Å². The SMILES string of the molecule is c1ccc(-c2ccccc2-c2ccc(N(c3ccccc3)c3cc4ccc5ccccc5c4c4ccccc34)cc2)cc1. The van der Waals surface area contributed by atoms with E-state index in [1.165, 1.54) is 60.3 Å². The molecule has 0 N–H and O–H groups in total. The van der Waals surface area contributed by atoms with Crippen LogP contribution in [0.5, 0.6) is 0 Å². The van der Waals surface area contributed by atoms with E-state index >= 15 is 0 Å². The highest BCUT2D eigenvalue weighted by atomic mass is 15.1. The highest BCUT2D eigenvalue weighted by molar-refractivity contribution is 6.23. The Labute approximate surface area is 251 Å². The molecule has 0 aliphatic carbocycles. The number of nitrogens with zero attached hydrogens (tertiary/aromatic N) is 1. The van der Waals surface area contributed by atoms with Gasteiger partial charge in [0.05, 0.1) is 5.69 Å². The van der Waals surface area contributed by atoms with E-state index < -0.39 is 0 Å². The Bertz CT molecular complexity index is 2220. The van der Waals surface area contributed by atoms with Crippen LogP contribution in [0.15, 0.2) is 176 Å². The fourth-order valence-corrected chi connectivity index (χ4v) is 6.44. The molecule has 8 aromatic rings. The number of para-hydroxylation sites is 1. The predicted octanol–water partition coefficient (Wildman–Crippen LogP) is 11.9. The van der Waals surface area contributed by atoms with Crippen molar-refractivity contribution in [2.24, 2.45) is 0 Å². The standard InChI is InChI=1S/C42H29N/c1-3-13-30(14-4-1)36-18-9-10-19-37(36)32-25-27-35(28-26-32)43(34-16-5-2-6-17-34)41-29-33-24-23-31-15-7-8-20-38(31)42(33)40-22-12-11-21-39(40)41/h1-29H. The lowest BCUT2D eigenvalue weighted by Gasteiger charge is -2.28. The van der Waals surface area contributed by atoms with Crippen LogP contribution in [0.2, 0.25) is 0 Å². The highest BCUT2D eigenvalue weighted by Crippen LogP contribution is 2.44. The molecule has 0 bridgehead atoms. The van der Waals surface area contributed by atoms with Crippen molar-refractivity contribution < 1.29 is 0 Å². The van der Waals surface area contributed by atoms with Crippen LogP contribution in [0.25, 0.3) is 54.6 Å². The second kappa shape index (κ2) is 10.6. The van der Waals surface area contributed by atoms with E-state index in [0.717, 1.165) is 11.4 Å². The van der Waals surface area contributed by atoms with Crippen LogP contribution in [0.4, 0.5) is 17.1 Å². The smallest absolute Gasteiger partial charge is 0.0546 e. The molecule has 0 saturated carbocycles. The molecule has 43 heavy (non-hydrogen) atoms. The van der Waals surface area contributed by atoms with E-state index in [9.17, 15) is 0 Å². The van der Waals surface area contributed by atoms with Gasteiger partial charge in [-0.2, -0.15) is 0 Å². The molecule has 0 amide bonds. The Morgan fingerprint density at radius 1 is 0.326 bits per heavy atom. The molecular weight excluding hydrogens is 518 g/mol. The number of anilines is 3. The van der Waals surface area contributed by atoms with Crippen molar-refractivity contribution >= 4 is 49.4 Å². The van der Waals surface area contributed by atoms with Gasteiger partial charge in [0.25, 0.3) is 0 Å². The fraction of sp³-hybridized carbons (Fsp3) is 0. The fourth-order valence-electron chi connectivity index (χ4n) is 6.44. The molecule has 0 unspecified atom stereocenters. The molecule has 0 fully saturated rings. The van der Waals surface area contributed by atoms with Crippen LogP contribution in [-0.2, 0) is 0 Å². The molecule has 8 rings (SSSR count). The molecule has 1 heteroatoms. The highest BCUT2D eigenvalue weighted by Gasteiger charge is 2.18. The molecule has 0 saturated heterocycles. The van der Waals surface area contributed by atoms with Gasteiger partial charge in [-0.05, 0) is 79.5 Å². The Morgan fingerprint density at radius 2 is 0.837 bits per heavy atom. The second-order valence-corrected chi connectivity index (χ2v) is 11.0. The molecule has 0 aliphatic heterocycles. The summed E-state index contributed by atoms with van der Waals surface area (Å²) in [5.74, 6) is 0. The van der Waals surface area contributed by atoms with Crippen molar-refractivity contribution in [3.05, 3.63) is 176 Å². The number of fused-ring (bicyclic) bond motifs is 5. The molecule has 1 nitrogen and oxygen atoms in total. The number of benzene rings is 8. The molecule has 8 aromatic carbocycles. The quantitative estimate of drug-likeness (QED) is 0.194. The van der Waals surface area contributed by atoms with Crippen molar-refractivity contribution in [3.8, 4) is 22.3 Å². The summed E-state index contributed by atoms with van der Waals surface area (Å²) >= 11 is 0. The summed E-state index contributed by atoms with van der Waals surface area (Å²) in [4.78, 5) is 2.39. The third kappa shape index (κ3) is 4.43. The molecular formula is C42H29N.